The monoisotopic (exact) mass is 371 g/mol. The van der Waals surface area contributed by atoms with E-state index in [9.17, 15) is 9.18 Å². The molecular weight excluding hydrogens is 353 g/mol. The number of imidazole rings is 1. The Kier molecular flexibility index (Phi) is 3.93. The second kappa shape index (κ2) is 6.60. The van der Waals surface area contributed by atoms with E-state index in [1.165, 1.54) is 6.07 Å². The van der Waals surface area contributed by atoms with Crippen LogP contribution in [0.2, 0.25) is 0 Å². The van der Waals surface area contributed by atoms with Crippen LogP contribution in [-0.2, 0) is 4.79 Å². The second-order valence-corrected chi connectivity index (χ2v) is 7.11. The Bertz CT molecular complexity index is 1170. The van der Waals surface area contributed by atoms with Gasteiger partial charge in [0.25, 0.3) is 0 Å². The molecule has 5 rings (SSSR count). The van der Waals surface area contributed by atoms with Crippen LogP contribution in [0, 0.1) is 11.7 Å². The van der Waals surface area contributed by atoms with Crippen molar-refractivity contribution in [3.63, 3.8) is 0 Å². The highest BCUT2D eigenvalue weighted by Gasteiger charge is 2.45. The van der Waals surface area contributed by atoms with Crippen LogP contribution in [0.1, 0.15) is 17.9 Å². The highest BCUT2D eigenvalue weighted by atomic mass is 19.1. The van der Waals surface area contributed by atoms with E-state index in [1.54, 1.807) is 18.5 Å². The Labute approximate surface area is 161 Å². The lowest BCUT2D eigenvalue weighted by atomic mass is 10.1. The van der Waals surface area contributed by atoms with Crippen LogP contribution in [0.15, 0.2) is 79.1 Å². The third kappa shape index (κ3) is 2.95. The van der Waals surface area contributed by atoms with Gasteiger partial charge in [-0.25, -0.2) is 9.37 Å². The number of halogens is 1. The van der Waals surface area contributed by atoms with Gasteiger partial charge in [-0.15, -0.1) is 0 Å². The van der Waals surface area contributed by atoms with Crippen LogP contribution < -0.4 is 5.32 Å². The fraction of sp³-hybridized carbons (Fsp3) is 0.130. The average molecular weight is 371 g/mol. The maximum absolute atomic E-state index is 13.9. The van der Waals surface area contributed by atoms with Gasteiger partial charge in [-0.2, -0.15) is 0 Å². The summed E-state index contributed by atoms with van der Waals surface area (Å²) < 4.78 is 15.9. The van der Waals surface area contributed by atoms with Crippen molar-refractivity contribution in [2.75, 3.05) is 5.32 Å². The van der Waals surface area contributed by atoms with E-state index < -0.39 is 0 Å². The first-order chi connectivity index (χ1) is 13.7. The van der Waals surface area contributed by atoms with Gasteiger partial charge in [0.1, 0.15) is 12.1 Å². The van der Waals surface area contributed by atoms with Gasteiger partial charge >= 0.3 is 0 Å². The van der Waals surface area contributed by atoms with E-state index in [1.807, 2.05) is 59.2 Å². The number of nitrogens with one attached hydrogen (secondary N) is 1. The summed E-state index contributed by atoms with van der Waals surface area (Å²) in [6, 6.07) is 22.3. The van der Waals surface area contributed by atoms with Gasteiger partial charge < -0.3 is 5.32 Å². The van der Waals surface area contributed by atoms with Gasteiger partial charge in [0.05, 0.1) is 11.0 Å². The Morgan fingerprint density at radius 1 is 1.00 bits per heavy atom. The molecule has 0 saturated heterocycles. The Morgan fingerprint density at radius 2 is 1.75 bits per heavy atom. The molecule has 5 heteroatoms. The summed E-state index contributed by atoms with van der Waals surface area (Å²) in [5.41, 5.74) is 4.31. The predicted molar refractivity (Wildman–Crippen MR) is 107 cm³/mol. The highest BCUT2D eigenvalue weighted by Crippen LogP contribution is 2.48. The summed E-state index contributed by atoms with van der Waals surface area (Å²) in [6.07, 6.45) is 2.48. The minimum Gasteiger partial charge on any atom is -0.326 e. The van der Waals surface area contributed by atoms with Crippen LogP contribution in [0.5, 0.6) is 0 Å². The number of fused-ring (bicyclic) bond motifs is 1. The molecule has 1 aliphatic rings. The molecule has 0 radical (unpaired) electrons. The van der Waals surface area contributed by atoms with Crippen molar-refractivity contribution in [1.29, 1.82) is 0 Å². The van der Waals surface area contributed by atoms with E-state index in [2.05, 4.69) is 10.3 Å². The number of hydrogen-bond acceptors (Lipinski definition) is 2. The third-order valence-electron chi connectivity index (χ3n) is 5.30. The smallest absolute Gasteiger partial charge is 0.228 e. The lowest BCUT2D eigenvalue weighted by Crippen LogP contribution is -2.14. The number of anilines is 1. The van der Waals surface area contributed by atoms with Crippen molar-refractivity contribution in [3.05, 3.63) is 90.5 Å². The summed E-state index contributed by atoms with van der Waals surface area (Å²) in [5, 5.41) is 2.95. The van der Waals surface area contributed by atoms with Gasteiger partial charge in [0, 0.05) is 17.3 Å². The Balaban J connectivity index is 1.29. The van der Waals surface area contributed by atoms with Crippen molar-refractivity contribution < 1.29 is 9.18 Å². The fourth-order valence-electron chi connectivity index (χ4n) is 3.71. The second-order valence-electron chi connectivity index (χ2n) is 7.11. The number of benzene rings is 3. The molecule has 2 unspecified atom stereocenters. The number of carbonyl (C=O) groups excluding carboxylic acids is 1. The van der Waals surface area contributed by atoms with Gasteiger partial charge in [-0.05, 0) is 60.4 Å². The quantitative estimate of drug-likeness (QED) is 0.554. The average Bonchev–Trinajstić information content (AvgIpc) is 3.40. The van der Waals surface area contributed by atoms with Crippen molar-refractivity contribution >= 4 is 22.6 Å². The van der Waals surface area contributed by atoms with Crippen molar-refractivity contribution in [3.8, 4) is 5.69 Å². The van der Waals surface area contributed by atoms with E-state index in [0.29, 0.717) is 12.0 Å². The summed E-state index contributed by atoms with van der Waals surface area (Å²) in [4.78, 5) is 16.9. The van der Waals surface area contributed by atoms with Crippen LogP contribution in [0.4, 0.5) is 10.1 Å². The molecular formula is C23H18FN3O. The van der Waals surface area contributed by atoms with E-state index in [0.717, 1.165) is 22.4 Å². The zero-order chi connectivity index (χ0) is 19.1. The van der Waals surface area contributed by atoms with Gasteiger partial charge in [0.15, 0.2) is 0 Å². The molecule has 138 valence electrons. The molecule has 1 amide bonds. The largest absolute Gasteiger partial charge is 0.326 e. The lowest BCUT2D eigenvalue weighted by molar-refractivity contribution is -0.117. The molecule has 0 spiro atoms. The Morgan fingerprint density at radius 3 is 2.57 bits per heavy atom. The van der Waals surface area contributed by atoms with Crippen LogP contribution in [-0.4, -0.2) is 15.5 Å². The van der Waals surface area contributed by atoms with Crippen molar-refractivity contribution in [2.24, 2.45) is 5.92 Å². The lowest BCUT2D eigenvalue weighted by Gasteiger charge is -2.08. The van der Waals surface area contributed by atoms with Gasteiger partial charge in [0.2, 0.25) is 5.91 Å². The molecule has 4 nitrogen and oxygen atoms in total. The number of nitrogens with zero attached hydrogens (tertiary/aromatic N) is 2. The van der Waals surface area contributed by atoms with Crippen molar-refractivity contribution in [2.45, 2.75) is 12.3 Å². The first kappa shape index (κ1) is 16.7. The molecule has 1 saturated carbocycles. The maximum atomic E-state index is 13.9. The molecule has 2 atom stereocenters. The molecule has 0 bridgehead atoms. The van der Waals surface area contributed by atoms with Crippen LogP contribution in [0.3, 0.4) is 0 Å². The first-order valence-electron chi connectivity index (χ1n) is 9.28. The molecule has 4 aromatic rings. The normalized spacial score (nSPS) is 18.2. The molecule has 1 fully saturated rings. The SMILES string of the molecule is O=C(Nc1ccc(-n2cnc3ccccc32)cc1)C1CC1c1ccccc1F. The zero-order valence-electron chi connectivity index (χ0n) is 15.0. The molecule has 0 aliphatic heterocycles. The van der Waals surface area contributed by atoms with Crippen molar-refractivity contribution in [1.82, 2.24) is 9.55 Å². The van der Waals surface area contributed by atoms with Crippen LogP contribution in [0.25, 0.3) is 16.7 Å². The molecule has 1 aliphatic carbocycles. The number of aromatic nitrogens is 2. The fourth-order valence-corrected chi connectivity index (χ4v) is 3.71. The molecule has 1 N–H and O–H groups in total. The zero-order valence-corrected chi connectivity index (χ0v) is 15.0. The maximum Gasteiger partial charge on any atom is 0.228 e. The molecule has 28 heavy (non-hydrogen) atoms. The van der Waals surface area contributed by atoms with E-state index in [-0.39, 0.29) is 23.6 Å². The topological polar surface area (TPSA) is 46.9 Å². The number of para-hydroxylation sites is 2. The number of amides is 1. The third-order valence-corrected chi connectivity index (χ3v) is 5.30. The standard InChI is InChI=1S/C23H18FN3O/c24-20-6-2-1-5-17(20)18-13-19(18)23(28)26-15-9-11-16(12-10-15)27-14-25-21-7-3-4-8-22(21)27/h1-12,14,18-19H,13H2,(H,26,28). The summed E-state index contributed by atoms with van der Waals surface area (Å²) in [7, 11) is 0. The van der Waals surface area contributed by atoms with Crippen LogP contribution >= 0.6 is 0 Å². The molecule has 1 aromatic heterocycles. The highest BCUT2D eigenvalue weighted by molar-refractivity contribution is 5.95. The minimum absolute atomic E-state index is 0.0298. The summed E-state index contributed by atoms with van der Waals surface area (Å²) >= 11 is 0. The van der Waals surface area contributed by atoms with Gasteiger partial charge in [-0.3, -0.25) is 9.36 Å². The number of rotatable bonds is 4. The minimum atomic E-state index is -0.236. The van der Waals surface area contributed by atoms with Gasteiger partial charge in [-0.1, -0.05) is 30.3 Å². The first-order valence-corrected chi connectivity index (χ1v) is 9.28. The van der Waals surface area contributed by atoms with E-state index in [4.69, 9.17) is 0 Å². The summed E-state index contributed by atoms with van der Waals surface area (Å²) in [5.74, 6) is -0.499. The molecule has 3 aromatic carbocycles. The van der Waals surface area contributed by atoms with E-state index >= 15 is 0 Å². The Hall–Kier alpha value is -3.47. The molecule has 1 heterocycles. The number of hydrogen-bond donors (Lipinski definition) is 1. The summed E-state index contributed by atoms with van der Waals surface area (Å²) in [6.45, 7) is 0. The number of carbonyl (C=O) groups is 1. The predicted octanol–water partition coefficient (Wildman–Crippen LogP) is 4.91.